The van der Waals surface area contributed by atoms with Crippen LogP contribution in [0.25, 0.3) is 11.0 Å². The molecule has 1 heterocycles. The minimum Gasteiger partial charge on any atom is -0.409 e. The van der Waals surface area contributed by atoms with E-state index in [2.05, 4.69) is 5.32 Å². The van der Waals surface area contributed by atoms with E-state index in [1.54, 1.807) is 24.3 Å². The lowest BCUT2D eigenvalue weighted by atomic mass is 10.0. The van der Waals surface area contributed by atoms with Crippen molar-refractivity contribution in [1.82, 2.24) is 9.88 Å². The molecule has 0 aliphatic carbocycles. The first-order valence-corrected chi connectivity index (χ1v) is 9.72. The van der Waals surface area contributed by atoms with E-state index in [1.165, 1.54) is 0 Å². The number of carbonyl (C=O) groups is 1. The normalized spacial score (nSPS) is 12.2. The summed E-state index contributed by atoms with van der Waals surface area (Å²) in [7, 11) is 0. The topological polar surface area (TPSA) is 107 Å². The Balaban J connectivity index is 1.63. The maximum atomic E-state index is 12.5. The molecular weight excluding hydrogens is 370 g/mol. The van der Waals surface area contributed by atoms with Crippen molar-refractivity contribution in [3.8, 4) is 0 Å². The molecule has 7 nitrogen and oxygen atoms in total. The van der Waals surface area contributed by atoms with Crippen LogP contribution in [0.4, 0.5) is 0 Å². The number of nitrogens with zero attached hydrogens (tertiary/aromatic N) is 1. The second-order valence-electron chi connectivity index (χ2n) is 6.96. The van der Waals surface area contributed by atoms with Gasteiger partial charge >= 0.3 is 5.76 Å². The van der Waals surface area contributed by atoms with E-state index >= 15 is 0 Å². The number of hydrogen-bond donors (Lipinski definition) is 2. The van der Waals surface area contributed by atoms with E-state index < -0.39 is 5.76 Å². The molecule has 1 atom stereocenters. The van der Waals surface area contributed by atoms with Crippen LogP contribution in [-0.2, 0) is 24.2 Å². The average Bonchev–Trinajstić information content (AvgIpc) is 2.71. The van der Waals surface area contributed by atoms with Crippen LogP contribution in [0.1, 0.15) is 24.5 Å². The van der Waals surface area contributed by atoms with Gasteiger partial charge < -0.3 is 15.5 Å². The summed E-state index contributed by atoms with van der Waals surface area (Å²) in [5.74, 6) is -0.999. The van der Waals surface area contributed by atoms with Crippen LogP contribution < -0.4 is 22.4 Å². The maximum Gasteiger partial charge on any atom is 0.422 e. The highest BCUT2D eigenvalue weighted by Gasteiger charge is 2.14. The minimum absolute atomic E-state index is 0.290. The first-order chi connectivity index (χ1) is 14.0. The number of amides is 1. The van der Waals surface area contributed by atoms with Gasteiger partial charge in [-0.05, 0) is 49.1 Å². The summed E-state index contributed by atoms with van der Waals surface area (Å²) < 4.78 is 6.38. The first kappa shape index (κ1) is 20.5. The molecule has 0 bridgehead atoms. The van der Waals surface area contributed by atoms with Gasteiger partial charge in [-0.1, -0.05) is 43.3 Å². The van der Waals surface area contributed by atoms with Gasteiger partial charge in [-0.3, -0.25) is 9.59 Å². The fraction of sp³-hybridized carbons (Fsp3) is 0.318. The number of nitrogens with two attached hydrogens (primary N) is 1. The van der Waals surface area contributed by atoms with E-state index in [-0.39, 0.29) is 24.1 Å². The second-order valence-corrected chi connectivity index (χ2v) is 6.96. The predicted molar refractivity (Wildman–Crippen MR) is 112 cm³/mol. The first-order valence-electron chi connectivity index (χ1n) is 9.72. The Hall–Kier alpha value is -3.19. The second kappa shape index (κ2) is 9.34. The molecule has 7 heteroatoms. The van der Waals surface area contributed by atoms with Crippen molar-refractivity contribution >= 4 is 16.9 Å². The Morgan fingerprint density at radius 1 is 1.10 bits per heavy atom. The van der Waals surface area contributed by atoms with Gasteiger partial charge in [-0.25, -0.2) is 9.36 Å². The van der Waals surface area contributed by atoms with Crippen LogP contribution in [0.3, 0.4) is 0 Å². The molecule has 0 radical (unpaired) electrons. The van der Waals surface area contributed by atoms with E-state index in [0.717, 1.165) is 15.7 Å². The van der Waals surface area contributed by atoms with E-state index in [9.17, 15) is 14.4 Å². The number of rotatable bonds is 9. The van der Waals surface area contributed by atoms with Crippen LogP contribution >= 0.6 is 0 Å². The SMILES string of the molecule is CCNC(Cc1ccc(CCCn2c(=O)oc3ccccc3c2=O)cc1)C(N)=O. The Morgan fingerprint density at radius 3 is 2.48 bits per heavy atom. The van der Waals surface area contributed by atoms with E-state index in [4.69, 9.17) is 10.2 Å². The zero-order valence-corrected chi connectivity index (χ0v) is 16.4. The minimum atomic E-state index is -0.634. The summed E-state index contributed by atoms with van der Waals surface area (Å²) in [6.07, 6.45) is 1.88. The number of fused-ring (bicyclic) bond motifs is 1. The molecule has 3 rings (SSSR count). The number of carbonyl (C=O) groups excluding carboxylic acids is 1. The summed E-state index contributed by atoms with van der Waals surface area (Å²) in [4.78, 5) is 36.1. The number of nitrogens with one attached hydrogen (secondary N) is 1. The number of aryl methyl sites for hydroxylation is 1. The molecule has 0 aliphatic heterocycles. The van der Waals surface area contributed by atoms with Crippen molar-refractivity contribution in [2.24, 2.45) is 5.73 Å². The molecule has 29 heavy (non-hydrogen) atoms. The van der Waals surface area contributed by atoms with Crippen molar-refractivity contribution < 1.29 is 9.21 Å². The van der Waals surface area contributed by atoms with Gasteiger partial charge in [0.05, 0.1) is 11.4 Å². The van der Waals surface area contributed by atoms with Crippen molar-refractivity contribution in [1.29, 1.82) is 0 Å². The lowest BCUT2D eigenvalue weighted by molar-refractivity contribution is -0.120. The van der Waals surface area contributed by atoms with Crippen LogP contribution in [0, 0.1) is 0 Å². The van der Waals surface area contributed by atoms with Crippen LogP contribution in [0.2, 0.25) is 0 Å². The molecule has 0 saturated carbocycles. The lowest BCUT2D eigenvalue weighted by Gasteiger charge is -2.14. The third-order valence-corrected chi connectivity index (χ3v) is 4.88. The number of hydrogen-bond acceptors (Lipinski definition) is 5. The molecule has 1 amide bonds. The van der Waals surface area contributed by atoms with Crippen molar-refractivity contribution in [2.45, 2.75) is 38.8 Å². The third kappa shape index (κ3) is 5.00. The molecule has 1 aromatic heterocycles. The number of aromatic nitrogens is 1. The maximum absolute atomic E-state index is 12.5. The van der Waals surface area contributed by atoms with Gasteiger partial charge in [0.2, 0.25) is 5.91 Å². The summed E-state index contributed by atoms with van der Waals surface area (Å²) in [5, 5.41) is 3.48. The highest BCUT2D eigenvalue weighted by Crippen LogP contribution is 2.10. The molecule has 2 aromatic carbocycles. The largest absolute Gasteiger partial charge is 0.422 e. The van der Waals surface area contributed by atoms with E-state index in [0.29, 0.717) is 36.8 Å². The number of likely N-dealkylation sites (N-methyl/N-ethyl adjacent to an activating group) is 1. The fourth-order valence-corrected chi connectivity index (χ4v) is 3.34. The van der Waals surface area contributed by atoms with Crippen LogP contribution in [0.5, 0.6) is 0 Å². The van der Waals surface area contributed by atoms with Gasteiger partial charge in [-0.2, -0.15) is 0 Å². The van der Waals surface area contributed by atoms with E-state index in [1.807, 2.05) is 31.2 Å². The summed E-state index contributed by atoms with van der Waals surface area (Å²) in [6, 6.07) is 14.3. The Bertz CT molecular complexity index is 1100. The van der Waals surface area contributed by atoms with Gasteiger partial charge in [-0.15, -0.1) is 0 Å². The quantitative estimate of drug-likeness (QED) is 0.572. The Labute approximate surface area is 168 Å². The van der Waals surface area contributed by atoms with Crippen molar-refractivity contribution in [3.05, 3.63) is 80.6 Å². The monoisotopic (exact) mass is 395 g/mol. The number of primary amides is 1. The lowest BCUT2D eigenvalue weighted by Crippen LogP contribution is -2.42. The molecular formula is C22H25N3O4. The number of para-hydroxylation sites is 1. The molecule has 3 N–H and O–H groups in total. The fourth-order valence-electron chi connectivity index (χ4n) is 3.34. The van der Waals surface area contributed by atoms with Gasteiger partial charge in [0.25, 0.3) is 5.56 Å². The zero-order valence-electron chi connectivity index (χ0n) is 16.4. The Morgan fingerprint density at radius 2 is 1.79 bits per heavy atom. The smallest absolute Gasteiger partial charge is 0.409 e. The molecule has 3 aromatic rings. The van der Waals surface area contributed by atoms with Crippen LogP contribution in [-0.4, -0.2) is 23.1 Å². The highest BCUT2D eigenvalue weighted by atomic mass is 16.4. The number of benzene rings is 2. The van der Waals surface area contributed by atoms with Gasteiger partial charge in [0.15, 0.2) is 0 Å². The summed E-state index contributed by atoms with van der Waals surface area (Å²) in [5.41, 5.74) is 7.51. The molecule has 1 unspecified atom stereocenters. The van der Waals surface area contributed by atoms with Crippen molar-refractivity contribution in [3.63, 3.8) is 0 Å². The highest BCUT2D eigenvalue weighted by molar-refractivity contribution is 5.80. The molecule has 0 aliphatic rings. The molecule has 0 saturated heterocycles. The summed E-state index contributed by atoms with van der Waals surface area (Å²) >= 11 is 0. The average molecular weight is 395 g/mol. The third-order valence-electron chi connectivity index (χ3n) is 4.88. The predicted octanol–water partition coefficient (Wildman–Crippen LogP) is 1.59. The standard InChI is InChI=1S/C22H25N3O4/c1-2-24-18(20(23)26)14-16-11-9-15(10-12-16)6-5-13-25-21(27)17-7-3-4-8-19(17)29-22(25)28/h3-4,7-12,18,24H,2,5-6,13-14H2,1H3,(H2,23,26). The molecule has 0 spiro atoms. The molecule has 152 valence electrons. The summed E-state index contributed by atoms with van der Waals surface area (Å²) in [6.45, 7) is 2.90. The Kier molecular flexibility index (Phi) is 6.61. The molecule has 0 fully saturated rings. The van der Waals surface area contributed by atoms with Gasteiger partial charge in [0.1, 0.15) is 5.58 Å². The van der Waals surface area contributed by atoms with Crippen LogP contribution in [0.15, 0.2) is 62.5 Å². The zero-order chi connectivity index (χ0) is 20.8. The van der Waals surface area contributed by atoms with Crippen molar-refractivity contribution in [2.75, 3.05) is 6.54 Å². The van der Waals surface area contributed by atoms with Gasteiger partial charge in [0, 0.05) is 6.54 Å².